The van der Waals surface area contributed by atoms with Crippen LogP contribution in [0.25, 0.3) is 0 Å². The smallest absolute Gasteiger partial charge is 0.264 e. The van der Waals surface area contributed by atoms with Gasteiger partial charge in [0.05, 0.1) is 0 Å². The zero-order chi connectivity index (χ0) is 15.6. The quantitative estimate of drug-likeness (QED) is 0.432. The van der Waals surface area contributed by atoms with Gasteiger partial charge in [0.1, 0.15) is 39.3 Å². The Morgan fingerprint density at radius 2 is 1.05 bits per heavy atom. The van der Waals surface area contributed by atoms with Gasteiger partial charge < -0.3 is 9.80 Å². The maximum absolute atomic E-state index is 10.9. The Kier molecular flexibility index (Phi) is 5.04. The summed E-state index contributed by atoms with van der Waals surface area (Å²) in [7, 11) is 0. The molecule has 20 heavy (non-hydrogen) atoms. The number of piperazine rings is 1. The number of nitrogens with zero attached hydrogens (tertiary/aromatic N) is 2. The molecule has 0 aromatic carbocycles. The standard InChI is InChI=1S/C12H24N4O4/c1-11(2,15(17)18)9-13-5-7-14(8-6-13)10-12(3,4)16(19)20/h5-10H2,1-4H3/p+2. The van der Waals surface area contributed by atoms with Crippen molar-refractivity contribution < 1.29 is 19.6 Å². The van der Waals surface area contributed by atoms with E-state index in [9.17, 15) is 20.2 Å². The molecule has 0 radical (unpaired) electrons. The Bertz CT molecular complexity index is 340. The van der Waals surface area contributed by atoms with Gasteiger partial charge in [0.2, 0.25) is 0 Å². The monoisotopic (exact) mass is 290 g/mol. The molecule has 0 spiro atoms. The van der Waals surface area contributed by atoms with Gasteiger partial charge in [-0.25, -0.2) is 0 Å². The van der Waals surface area contributed by atoms with Crippen molar-refractivity contribution >= 4 is 0 Å². The molecule has 8 heteroatoms. The number of nitro groups is 2. The highest BCUT2D eigenvalue weighted by Crippen LogP contribution is 2.04. The fourth-order valence-electron chi connectivity index (χ4n) is 2.66. The highest BCUT2D eigenvalue weighted by molar-refractivity contribution is 4.66. The maximum Gasteiger partial charge on any atom is 0.264 e. The van der Waals surface area contributed by atoms with E-state index in [4.69, 9.17) is 0 Å². The second-order valence-corrected chi connectivity index (χ2v) is 6.99. The number of rotatable bonds is 6. The summed E-state index contributed by atoms with van der Waals surface area (Å²) in [5, 5.41) is 21.9. The Morgan fingerprint density at radius 3 is 1.25 bits per heavy atom. The molecule has 8 nitrogen and oxygen atoms in total. The second-order valence-electron chi connectivity index (χ2n) is 6.99. The van der Waals surface area contributed by atoms with E-state index in [1.807, 2.05) is 0 Å². The molecular weight excluding hydrogens is 264 g/mol. The van der Waals surface area contributed by atoms with Crippen LogP contribution in [-0.4, -0.2) is 60.2 Å². The van der Waals surface area contributed by atoms with Crippen LogP contribution in [0.5, 0.6) is 0 Å². The van der Waals surface area contributed by atoms with Crippen molar-refractivity contribution in [2.45, 2.75) is 38.8 Å². The highest BCUT2D eigenvalue weighted by atomic mass is 16.6. The molecule has 116 valence electrons. The summed E-state index contributed by atoms with van der Waals surface area (Å²) in [5.41, 5.74) is -1.82. The SMILES string of the molecule is CC(C)(C[NH+]1CC[NH+](CC(C)(C)[N+](=O)[O-])CC1)[N+](=O)[O-]. The molecule has 0 atom stereocenters. The summed E-state index contributed by atoms with van der Waals surface area (Å²) in [6, 6.07) is 0. The van der Waals surface area contributed by atoms with Gasteiger partial charge >= 0.3 is 0 Å². The molecule has 0 saturated carbocycles. The Hall–Kier alpha value is -1.28. The lowest BCUT2D eigenvalue weighted by atomic mass is 10.0. The largest absolute Gasteiger partial charge is 0.320 e. The van der Waals surface area contributed by atoms with Gasteiger partial charge in [0, 0.05) is 37.5 Å². The first-order valence-electron chi connectivity index (χ1n) is 7.01. The Balaban J connectivity index is 2.45. The van der Waals surface area contributed by atoms with Crippen molar-refractivity contribution in [3.8, 4) is 0 Å². The minimum atomic E-state index is -0.910. The van der Waals surface area contributed by atoms with E-state index in [0.29, 0.717) is 13.1 Å². The van der Waals surface area contributed by atoms with E-state index in [1.165, 1.54) is 9.80 Å². The molecule has 2 N–H and O–H groups in total. The Morgan fingerprint density at radius 1 is 0.800 bits per heavy atom. The van der Waals surface area contributed by atoms with Crippen LogP contribution in [0.3, 0.4) is 0 Å². The summed E-state index contributed by atoms with van der Waals surface area (Å²) in [5.74, 6) is 0. The fourth-order valence-corrected chi connectivity index (χ4v) is 2.66. The summed E-state index contributed by atoms with van der Waals surface area (Å²) in [6.45, 7) is 10.9. The molecule has 1 saturated heterocycles. The number of nitrogens with one attached hydrogen (secondary N) is 2. The molecule has 0 aromatic heterocycles. The number of hydrogen-bond donors (Lipinski definition) is 2. The lowest BCUT2D eigenvalue weighted by Gasteiger charge is -2.33. The molecular formula is C12H26N4O4+2. The first-order valence-corrected chi connectivity index (χ1v) is 7.01. The topological polar surface area (TPSA) is 95.2 Å². The number of quaternary nitrogens is 2. The van der Waals surface area contributed by atoms with E-state index >= 15 is 0 Å². The van der Waals surface area contributed by atoms with E-state index < -0.39 is 11.1 Å². The summed E-state index contributed by atoms with van der Waals surface area (Å²) in [6.07, 6.45) is 0. The first kappa shape index (κ1) is 16.8. The van der Waals surface area contributed by atoms with Gasteiger partial charge in [-0.3, -0.25) is 20.2 Å². The lowest BCUT2D eigenvalue weighted by molar-refractivity contribution is -1.02. The van der Waals surface area contributed by atoms with E-state index in [0.717, 1.165) is 26.2 Å². The van der Waals surface area contributed by atoms with Crippen LogP contribution in [0.1, 0.15) is 27.7 Å². The molecule has 0 amide bonds. The summed E-state index contributed by atoms with van der Waals surface area (Å²) >= 11 is 0. The molecule has 1 heterocycles. The maximum atomic E-state index is 10.9. The second kappa shape index (κ2) is 6.01. The molecule has 1 aliphatic heterocycles. The van der Waals surface area contributed by atoms with Crippen molar-refractivity contribution in [1.82, 2.24) is 0 Å². The van der Waals surface area contributed by atoms with Crippen molar-refractivity contribution in [2.24, 2.45) is 0 Å². The molecule has 1 fully saturated rings. The van der Waals surface area contributed by atoms with Crippen LogP contribution < -0.4 is 9.80 Å². The fraction of sp³-hybridized carbons (Fsp3) is 1.00. The third-order valence-corrected chi connectivity index (χ3v) is 4.02. The summed E-state index contributed by atoms with van der Waals surface area (Å²) in [4.78, 5) is 23.8. The highest BCUT2D eigenvalue weighted by Gasteiger charge is 2.41. The van der Waals surface area contributed by atoms with E-state index in [1.54, 1.807) is 27.7 Å². The predicted octanol–water partition coefficient (Wildman–Crippen LogP) is -2.12. The minimum Gasteiger partial charge on any atom is -0.320 e. The number of hydrogen-bond acceptors (Lipinski definition) is 4. The van der Waals surface area contributed by atoms with Crippen molar-refractivity contribution in [1.29, 1.82) is 0 Å². The molecule has 0 aromatic rings. The Labute approximate surface area is 119 Å². The van der Waals surface area contributed by atoms with Crippen molar-refractivity contribution in [2.75, 3.05) is 39.3 Å². The van der Waals surface area contributed by atoms with Gasteiger partial charge in [-0.1, -0.05) is 0 Å². The first-order chi connectivity index (χ1) is 9.04. The average molecular weight is 290 g/mol. The third-order valence-electron chi connectivity index (χ3n) is 4.02. The third kappa shape index (κ3) is 4.38. The molecule has 0 aliphatic carbocycles. The van der Waals surface area contributed by atoms with E-state index in [-0.39, 0.29) is 9.85 Å². The van der Waals surface area contributed by atoms with Crippen molar-refractivity contribution in [3.05, 3.63) is 20.2 Å². The van der Waals surface area contributed by atoms with Crippen LogP contribution >= 0.6 is 0 Å². The lowest BCUT2D eigenvalue weighted by Crippen LogP contribution is -3.29. The van der Waals surface area contributed by atoms with Crippen LogP contribution in [0.4, 0.5) is 0 Å². The van der Waals surface area contributed by atoms with Crippen LogP contribution in [0, 0.1) is 20.2 Å². The van der Waals surface area contributed by atoms with E-state index in [2.05, 4.69) is 0 Å². The predicted molar refractivity (Wildman–Crippen MR) is 73.3 cm³/mol. The van der Waals surface area contributed by atoms with Crippen LogP contribution in [-0.2, 0) is 0 Å². The zero-order valence-corrected chi connectivity index (χ0v) is 12.8. The van der Waals surface area contributed by atoms with Crippen molar-refractivity contribution in [3.63, 3.8) is 0 Å². The summed E-state index contributed by atoms with van der Waals surface area (Å²) < 4.78 is 0. The zero-order valence-electron chi connectivity index (χ0n) is 12.8. The van der Waals surface area contributed by atoms with Gasteiger partial charge in [-0.2, -0.15) is 0 Å². The normalized spacial score (nSPS) is 24.4. The molecule has 0 unspecified atom stereocenters. The molecule has 1 rings (SSSR count). The molecule has 0 bridgehead atoms. The van der Waals surface area contributed by atoms with Gasteiger partial charge in [0.15, 0.2) is 0 Å². The molecule has 1 aliphatic rings. The minimum absolute atomic E-state index is 0.227. The van der Waals surface area contributed by atoms with Gasteiger partial charge in [0.25, 0.3) is 11.1 Å². The average Bonchev–Trinajstić information content (AvgIpc) is 2.30. The van der Waals surface area contributed by atoms with Gasteiger partial charge in [-0.05, 0) is 0 Å². The van der Waals surface area contributed by atoms with Crippen LogP contribution in [0.15, 0.2) is 0 Å². The van der Waals surface area contributed by atoms with Gasteiger partial charge in [-0.15, -0.1) is 0 Å². The van der Waals surface area contributed by atoms with Crippen LogP contribution in [0.2, 0.25) is 0 Å².